The summed E-state index contributed by atoms with van der Waals surface area (Å²) in [5.74, 6) is 0.183. The maximum atomic E-state index is 2.55. The third-order valence-electron chi connectivity index (χ3n) is 20.1. The molecule has 0 radical (unpaired) electrons. The van der Waals surface area contributed by atoms with E-state index < -0.39 is 10.8 Å². The molecule has 0 amide bonds. The van der Waals surface area contributed by atoms with E-state index in [0.717, 1.165) is 49.0 Å². The van der Waals surface area contributed by atoms with Gasteiger partial charge in [-0.2, -0.15) is 0 Å². The number of hydrogen-bond donors (Lipinski definition) is 0. The van der Waals surface area contributed by atoms with E-state index in [2.05, 4.69) is 331 Å². The van der Waals surface area contributed by atoms with E-state index in [4.69, 9.17) is 0 Å². The minimum absolute atomic E-state index is 0.183. The predicted molar refractivity (Wildman–Crippen MR) is 377 cm³/mol. The maximum absolute atomic E-state index is 2.55. The van der Waals surface area contributed by atoms with Crippen molar-refractivity contribution in [3.8, 4) is 11.1 Å². The molecular weight excluding hydrogens is 1080 g/mol. The molecule has 6 aliphatic rings. The molecule has 2 nitrogen and oxygen atoms in total. The number of benzene rings is 10. The van der Waals surface area contributed by atoms with E-state index in [-0.39, 0.29) is 5.92 Å². The van der Waals surface area contributed by atoms with Crippen molar-refractivity contribution >= 4 is 40.5 Å². The summed E-state index contributed by atoms with van der Waals surface area (Å²) >= 11 is 0. The minimum atomic E-state index is -0.601. The minimum Gasteiger partial charge on any atom is -0.314 e. The Labute approximate surface area is 531 Å². The first-order chi connectivity index (χ1) is 44.6. The van der Waals surface area contributed by atoms with Crippen LogP contribution in [0.15, 0.2) is 338 Å². The first kappa shape index (κ1) is 55.1. The zero-order chi connectivity index (χ0) is 59.9. The molecule has 90 heavy (non-hydrogen) atoms. The summed E-state index contributed by atoms with van der Waals surface area (Å²) in [6.45, 7) is 0. The van der Waals surface area contributed by atoms with Crippen LogP contribution in [0.4, 0.5) is 22.7 Å². The summed E-state index contributed by atoms with van der Waals surface area (Å²) in [5.41, 5.74) is 28.3. The van der Waals surface area contributed by atoms with Crippen molar-refractivity contribution in [2.45, 2.75) is 74.5 Å². The molecule has 434 valence electrons. The fraction of sp³-hybridized carbons (Fsp3) is 0.136. The number of allylic oxidation sites excluding steroid dienone is 13. The zero-order valence-corrected chi connectivity index (χ0v) is 50.9. The van der Waals surface area contributed by atoms with Gasteiger partial charge >= 0.3 is 0 Å². The van der Waals surface area contributed by atoms with Crippen LogP contribution in [0, 0.1) is 0 Å². The highest BCUT2D eigenvalue weighted by Gasteiger charge is 2.52. The fourth-order valence-electron chi connectivity index (χ4n) is 16.0. The highest BCUT2D eigenvalue weighted by molar-refractivity contribution is 5.90. The van der Waals surface area contributed by atoms with E-state index >= 15 is 0 Å². The summed E-state index contributed by atoms with van der Waals surface area (Å²) in [5, 5.41) is 0. The van der Waals surface area contributed by atoms with E-state index in [1.54, 1.807) is 5.57 Å². The maximum Gasteiger partial charge on any atom is 0.0714 e. The largest absolute Gasteiger partial charge is 0.314 e. The second kappa shape index (κ2) is 23.7. The van der Waals surface area contributed by atoms with Gasteiger partial charge < -0.3 is 9.80 Å². The Hall–Kier alpha value is -10.3. The summed E-state index contributed by atoms with van der Waals surface area (Å²) in [6.07, 6.45) is 34.1. The van der Waals surface area contributed by atoms with Gasteiger partial charge in [-0.3, -0.25) is 0 Å². The molecule has 0 saturated carbocycles. The van der Waals surface area contributed by atoms with Gasteiger partial charge in [0.25, 0.3) is 0 Å². The van der Waals surface area contributed by atoms with Crippen LogP contribution in [-0.2, 0) is 10.8 Å². The summed E-state index contributed by atoms with van der Waals surface area (Å²) in [7, 11) is 0. The van der Waals surface area contributed by atoms with Gasteiger partial charge in [-0.1, -0.05) is 249 Å². The van der Waals surface area contributed by atoms with Crippen molar-refractivity contribution in [3.05, 3.63) is 399 Å². The SMILES string of the molecule is C1=CC(c2ccc(N(C3=CCC4C(=C3)C(c3ccccc3)(c3ccccc3)c3cc(/C=C/c5ccc6c(c5)C(c5ccccc5)(c5ccccc5)c5cc(N(C7=CC=C(C8=CCCCC8)CC7)c7ccccc7)ccc5-6)ccc34)c3ccccc3)cc2)=CCC1. The van der Waals surface area contributed by atoms with Gasteiger partial charge in [0.05, 0.1) is 10.8 Å². The number of para-hydroxylation sites is 2. The van der Waals surface area contributed by atoms with Gasteiger partial charge in [-0.25, -0.2) is 0 Å². The van der Waals surface area contributed by atoms with Crippen molar-refractivity contribution in [2.75, 3.05) is 9.80 Å². The molecule has 0 heterocycles. The number of nitrogens with zero attached hydrogens (tertiary/aromatic N) is 2. The van der Waals surface area contributed by atoms with Crippen LogP contribution in [0.1, 0.15) is 125 Å². The van der Waals surface area contributed by atoms with Gasteiger partial charge in [-0.15, -0.1) is 0 Å². The molecule has 0 N–H and O–H groups in total. The number of fused-ring (bicyclic) bond motifs is 6. The standard InChI is InChI=1S/C88H72N2/c1-9-25-65(26-10-1)67-45-49-75(50-46-67)89(73-37-21-7-22-38-73)77-53-57-81-79-55-43-63(59-83(79)87(85(81)61-77,69-29-13-3-14-30-69)70-31-15-4-16-32-70)41-42-64-44-56-80-82-58-54-78(62-86(82)88(84(80)60-64,71-33-17-5-18-34-71)72-35-19-6-20-36-72)90(74-39-23-8-24-40-74)76-51-47-68(48-52-76)66-27-11-2-12-28-66/h3-9,13-27,29-47,49-51,53-56,58-62,81H,1-2,10-12,28,48,52,57H2/b42-41+. The Morgan fingerprint density at radius 3 is 1.51 bits per heavy atom. The molecule has 0 fully saturated rings. The first-order valence-electron chi connectivity index (χ1n) is 32.7. The average molecular weight is 1160 g/mol. The molecule has 2 heteroatoms. The smallest absolute Gasteiger partial charge is 0.0714 e. The first-order valence-corrected chi connectivity index (χ1v) is 32.7. The molecule has 0 aromatic heterocycles. The summed E-state index contributed by atoms with van der Waals surface area (Å²) in [6, 6.07) is 98.1. The van der Waals surface area contributed by atoms with Crippen LogP contribution in [0.5, 0.6) is 0 Å². The van der Waals surface area contributed by atoms with Gasteiger partial charge in [0, 0.05) is 40.1 Å². The van der Waals surface area contributed by atoms with E-state index in [1.807, 2.05) is 0 Å². The number of hydrogen-bond acceptors (Lipinski definition) is 2. The summed E-state index contributed by atoms with van der Waals surface area (Å²) < 4.78 is 0. The fourth-order valence-corrected chi connectivity index (χ4v) is 16.0. The Morgan fingerprint density at radius 1 is 0.389 bits per heavy atom. The van der Waals surface area contributed by atoms with E-state index in [9.17, 15) is 0 Å². The molecule has 0 bridgehead atoms. The lowest BCUT2D eigenvalue weighted by molar-refractivity contribution is 0.688. The lowest BCUT2D eigenvalue weighted by atomic mass is 9.66. The second-order valence-electron chi connectivity index (χ2n) is 25.0. The van der Waals surface area contributed by atoms with Crippen LogP contribution < -0.4 is 9.80 Å². The molecule has 10 aromatic carbocycles. The van der Waals surface area contributed by atoms with Gasteiger partial charge in [0.2, 0.25) is 0 Å². The Balaban J connectivity index is 0.809. The van der Waals surface area contributed by atoms with Crippen molar-refractivity contribution in [1.82, 2.24) is 0 Å². The average Bonchev–Trinajstić information content (AvgIpc) is 1.57. The molecule has 10 aromatic rings. The van der Waals surface area contributed by atoms with E-state index in [1.165, 1.54) is 132 Å². The second-order valence-corrected chi connectivity index (χ2v) is 25.0. The lowest BCUT2D eigenvalue weighted by Crippen LogP contribution is -2.31. The third-order valence-corrected chi connectivity index (χ3v) is 20.1. The van der Waals surface area contributed by atoms with Gasteiger partial charge in [0.1, 0.15) is 0 Å². The quantitative estimate of drug-likeness (QED) is 0.100. The highest BCUT2D eigenvalue weighted by atomic mass is 15.2. The molecule has 0 saturated heterocycles. The van der Waals surface area contributed by atoms with Crippen LogP contribution in [0.25, 0.3) is 28.9 Å². The van der Waals surface area contributed by atoms with Crippen LogP contribution >= 0.6 is 0 Å². The van der Waals surface area contributed by atoms with E-state index in [0.29, 0.717) is 0 Å². The van der Waals surface area contributed by atoms with Crippen LogP contribution in [0.2, 0.25) is 0 Å². The van der Waals surface area contributed by atoms with Crippen molar-refractivity contribution in [1.29, 1.82) is 0 Å². The molecule has 1 unspecified atom stereocenters. The van der Waals surface area contributed by atoms with Gasteiger partial charge in [0.15, 0.2) is 0 Å². The monoisotopic (exact) mass is 1160 g/mol. The topological polar surface area (TPSA) is 6.48 Å². The van der Waals surface area contributed by atoms with Gasteiger partial charge in [-0.05, 0) is 225 Å². The third kappa shape index (κ3) is 9.56. The Morgan fingerprint density at radius 2 is 0.933 bits per heavy atom. The Kier molecular flexibility index (Phi) is 14.5. The van der Waals surface area contributed by atoms with Crippen molar-refractivity contribution < 1.29 is 0 Å². The summed E-state index contributed by atoms with van der Waals surface area (Å²) in [4.78, 5) is 4.99. The van der Waals surface area contributed by atoms with Crippen LogP contribution in [-0.4, -0.2) is 0 Å². The highest BCUT2D eigenvalue weighted by Crippen LogP contribution is 2.61. The molecule has 0 spiro atoms. The van der Waals surface area contributed by atoms with Crippen LogP contribution in [0.3, 0.4) is 0 Å². The zero-order valence-electron chi connectivity index (χ0n) is 50.9. The normalized spacial score (nSPS) is 17.5. The molecule has 6 aliphatic carbocycles. The molecular formula is C88H72N2. The molecule has 0 aliphatic heterocycles. The van der Waals surface area contributed by atoms with Crippen molar-refractivity contribution in [2.24, 2.45) is 0 Å². The number of rotatable bonds is 14. The lowest BCUT2D eigenvalue weighted by Gasteiger charge is -2.38. The molecule has 16 rings (SSSR count). The Bertz CT molecular complexity index is 4500. The molecule has 1 atom stereocenters. The number of anilines is 4. The van der Waals surface area contributed by atoms with Crippen molar-refractivity contribution in [3.63, 3.8) is 0 Å². The predicted octanol–water partition coefficient (Wildman–Crippen LogP) is 22.7.